The third kappa shape index (κ3) is 4.87. The van der Waals surface area contributed by atoms with Crippen molar-refractivity contribution in [2.24, 2.45) is 5.92 Å². The summed E-state index contributed by atoms with van der Waals surface area (Å²) in [4.78, 5) is 11.5. The van der Waals surface area contributed by atoms with Crippen molar-refractivity contribution in [3.8, 4) is 0 Å². The highest BCUT2D eigenvalue weighted by atomic mass is 79.9. The number of ketones is 1. The van der Waals surface area contributed by atoms with Crippen LogP contribution in [0, 0.1) is 11.7 Å². The highest BCUT2D eigenvalue weighted by Crippen LogP contribution is 2.23. The minimum absolute atomic E-state index is 0.150. The van der Waals surface area contributed by atoms with Crippen LogP contribution in [-0.2, 0) is 0 Å². The molecule has 0 atom stereocenters. The zero-order chi connectivity index (χ0) is 21.0. The first-order chi connectivity index (χ1) is 13.1. The van der Waals surface area contributed by atoms with Crippen LogP contribution in [0.25, 0.3) is 10.9 Å². The number of benzene rings is 2. The summed E-state index contributed by atoms with van der Waals surface area (Å²) in [5.74, 6) is -0.554. The second-order valence-corrected chi connectivity index (χ2v) is 7.88. The summed E-state index contributed by atoms with van der Waals surface area (Å²) < 4.78 is 13.7. The molecule has 0 bridgehead atoms. The summed E-state index contributed by atoms with van der Waals surface area (Å²) in [6.45, 7) is 7.57. The molecular weight excluding hydrogens is 426 g/mol. The molecule has 0 saturated heterocycles. The molecular formula is C20H23BBrFN2O3. The number of hydrogen-bond donors (Lipinski definition) is 3. The van der Waals surface area contributed by atoms with Gasteiger partial charge in [-0.1, -0.05) is 45.9 Å². The van der Waals surface area contributed by atoms with E-state index in [2.05, 4.69) is 26.1 Å². The molecule has 0 spiro atoms. The van der Waals surface area contributed by atoms with E-state index in [1.165, 1.54) is 6.07 Å². The van der Waals surface area contributed by atoms with Gasteiger partial charge in [0.15, 0.2) is 5.78 Å². The standard InChI is InChI=1S/C10H13BN2O2.C10H10BrFO/c1-6(2)10-9-7(11(14)15)4-3-5-8(9)12-13-10;1-6(2)10(13)9-7(11)4-3-5-8(9)12/h3-6,14-15H,1-2H3,(H,12,13);3-6H,1-2H3. The molecule has 148 valence electrons. The van der Waals surface area contributed by atoms with E-state index in [-0.39, 0.29) is 23.2 Å². The average molecular weight is 449 g/mol. The molecule has 3 N–H and O–H groups in total. The lowest BCUT2D eigenvalue weighted by atomic mass is 9.77. The van der Waals surface area contributed by atoms with Crippen molar-refractivity contribution >= 4 is 45.2 Å². The first-order valence-electron chi connectivity index (χ1n) is 8.96. The van der Waals surface area contributed by atoms with E-state index < -0.39 is 12.9 Å². The van der Waals surface area contributed by atoms with Crippen molar-refractivity contribution in [1.29, 1.82) is 0 Å². The van der Waals surface area contributed by atoms with E-state index in [1.54, 1.807) is 38.1 Å². The zero-order valence-corrected chi connectivity index (χ0v) is 17.8. The summed E-state index contributed by atoms with van der Waals surface area (Å²) >= 11 is 3.16. The van der Waals surface area contributed by atoms with Gasteiger partial charge in [-0.3, -0.25) is 9.89 Å². The Balaban J connectivity index is 0.000000203. The number of aromatic amines is 1. The molecule has 0 aliphatic carbocycles. The van der Waals surface area contributed by atoms with Crippen LogP contribution in [0.4, 0.5) is 4.39 Å². The number of H-pyrrole nitrogens is 1. The molecule has 3 aromatic rings. The van der Waals surface area contributed by atoms with E-state index in [4.69, 9.17) is 0 Å². The van der Waals surface area contributed by atoms with Crippen molar-refractivity contribution in [1.82, 2.24) is 10.2 Å². The maximum absolute atomic E-state index is 13.2. The van der Waals surface area contributed by atoms with Crippen LogP contribution in [-0.4, -0.2) is 33.1 Å². The van der Waals surface area contributed by atoms with Gasteiger partial charge in [0, 0.05) is 21.5 Å². The van der Waals surface area contributed by atoms with Crippen LogP contribution in [0.15, 0.2) is 40.9 Å². The maximum Gasteiger partial charge on any atom is 0.489 e. The summed E-state index contributed by atoms with van der Waals surface area (Å²) in [6, 6.07) is 9.84. The van der Waals surface area contributed by atoms with E-state index in [0.29, 0.717) is 9.94 Å². The highest BCUT2D eigenvalue weighted by molar-refractivity contribution is 9.10. The Labute approximate surface area is 172 Å². The number of nitrogens with one attached hydrogen (secondary N) is 1. The van der Waals surface area contributed by atoms with Gasteiger partial charge in [0.1, 0.15) is 5.82 Å². The quantitative estimate of drug-likeness (QED) is 0.418. The average Bonchev–Trinajstić information content (AvgIpc) is 3.06. The molecule has 0 amide bonds. The molecule has 0 aliphatic rings. The van der Waals surface area contributed by atoms with Crippen molar-refractivity contribution in [3.05, 3.63) is 57.9 Å². The number of fused-ring (bicyclic) bond motifs is 1. The molecule has 0 radical (unpaired) electrons. The van der Waals surface area contributed by atoms with Gasteiger partial charge in [0.05, 0.1) is 11.1 Å². The molecule has 8 heteroatoms. The Hall–Kier alpha value is -2.03. The zero-order valence-electron chi connectivity index (χ0n) is 16.2. The van der Waals surface area contributed by atoms with Gasteiger partial charge in [-0.15, -0.1) is 0 Å². The van der Waals surface area contributed by atoms with Gasteiger partial charge in [-0.2, -0.15) is 5.10 Å². The Kier molecular flexibility index (Phi) is 7.52. The topological polar surface area (TPSA) is 86.2 Å². The minimum Gasteiger partial charge on any atom is -0.423 e. The normalized spacial score (nSPS) is 10.9. The van der Waals surface area contributed by atoms with Gasteiger partial charge in [-0.05, 0) is 45.5 Å². The molecule has 5 nitrogen and oxygen atoms in total. The SMILES string of the molecule is CC(C)C(=O)c1c(F)cccc1Br.CC(C)c1[nH]nc2cccc(B(O)O)c12. The van der Waals surface area contributed by atoms with Crippen molar-refractivity contribution in [2.45, 2.75) is 33.6 Å². The lowest BCUT2D eigenvalue weighted by Gasteiger charge is -2.06. The number of halogens is 2. The van der Waals surface area contributed by atoms with Gasteiger partial charge in [-0.25, -0.2) is 4.39 Å². The lowest BCUT2D eigenvalue weighted by molar-refractivity contribution is 0.0934. The second-order valence-electron chi connectivity index (χ2n) is 7.02. The molecule has 28 heavy (non-hydrogen) atoms. The predicted octanol–water partition coefficient (Wildman–Crippen LogP) is 3.79. The third-order valence-corrected chi connectivity index (χ3v) is 4.89. The van der Waals surface area contributed by atoms with Gasteiger partial charge in [0.25, 0.3) is 0 Å². The number of aromatic nitrogens is 2. The fourth-order valence-corrected chi connectivity index (χ4v) is 3.31. The Bertz CT molecular complexity index is 953. The molecule has 0 fully saturated rings. The number of hydrogen-bond acceptors (Lipinski definition) is 4. The number of carbonyl (C=O) groups excluding carboxylic acids is 1. The number of Topliss-reactive ketones (excluding diaryl/α,β-unsaturated/α-hetero) is 1. The smallest absolute Gasteiger partial charge is 0.423 e. The molecule has 0 aliphatic heterocycles. The first kappa shape index (κ1) is 22.3. The monoisotopic (exact) mass is 448 g/mol. The van der Waals surface area contributed by atoms with Crippen LogP contribution in [0.3, 0.4) is 0 Å². The van der Waals surface area contributed by atoms with E-state index in [9.17, 15) is 19.2 Å². The number of nitrogens with zero attached hydrogens (tertiary/aromatic N) is 1. The van der Waals surface area contributed by atoms with E-state index in [0.717, 1.165) is 16.6 Å². The Morgan fingerprint density at radius 3 is 2.32 bits per heavy atom. The van der Waals surface area contributed by atoms with Crippen LogP contribution >= 0.6 is 15.9 Å². The van der Waals surface area contributed by atoms with Gasteiger partial charge >= 0.3 is 7.12 Å². The second kappa shape index (κ2) is 9.45. The predicted molar refractivity (Wildman–Crippen MR) is 113 cm³/mol. The number of rotatable bonds is 4. The van der Waals surface area contributed by atoms with Crippen LogP contribution in [0.2, 0.25) is 0 Å². The molecule has 0 unspecified atom stereocenters. The molecule has 0 saturated carbocycles. The van der Waals surface area contributed by atoms with Gasteiger partial charge in [0.2, 0.25) is 0 Å². The summed E-state index contributed by atoms with van der Waals surface area (Å²) in [7, 11) is -1.45. The van der Waals surface area contributed by atoms with E-state index in [1.807, 2.05) is 19.9 Å². The fraction of sp³-hybridized carbons (Fsp3) is 0.300. The molecule has 1 heterocycles. The molecule has 2 aromatic carbocycles. The largest absolute Gasteiger partial charge is 0.489 e. The first-order valence-corrected chi connectivity index (χ1v) is 9.75. The van der Waals surface area contributed by atoms with Gasteiger partial charge < -0.3 is 10.0 Å². The highest BCUT2D eigenvalue weighted by Gasteiger charge is 2.20. The summed E-state index contributed by atoms with van der Waals surface area (Å²) in [5, 5.41) is 26.4. The van der Waals surface area contributed by atoms with Crippen molar-refractivity contribution in [2.75, 3.05) is 0 Å². The van der Waals surface area contributed by atoms with Crippen LogP contribution in [0.5, 0.6) is 0 Å². The summed E-state index contributed by atoms with van der Waals surface area (Å²) in [6.07, 6.45) is 0. The maximum atomic E-state index is 13.2. The van der Waals surface area contributed by atoms with E-state index >= 15 is 0 Å². The Morgan fingerprint density at radius 2 is 1.79 bits per heavy atom. The van der Waals surface area contributed by atoms with Crippen molar-refractivity contribution < 1.29 is 19.2 Å². The minimum atomic E-state index is -1.45. The van der Waals surface area contributed by atoms with Crippen LogP contribution in [0.1, 0.15) is 49.7 Å². The van der Waals surface area contributed by atoms with Crippen molar-refractivity contribution in [3.63, 3.8) is 0 Å². The summed E-state index contributed by atoms with van der Waals surface area (Å²) in [5.41, 5.74) is 2.36. The number of carbonyl (C=O) groups is 1. The van der Waals surface area contributed by atoms with Crippen LogP contribution < -0.4 is 5.46 Å². The molecule has 1 aromatic heterocycles. The fourth-order valence-electron chi connectivity index (χ4n) is 2.78. The third-order valence-electron chi connectivity index (χ3n) is 4.23. The Morgan fingerprint density at radius 1 is 1.14 bits per heavy atom. The lowest BCUT2D eigenvalue weighted by Crippen LogP contribution is -2.30. The molecule has 3 rings (SSSR count).